The highest BCUT2D eigenvalue weighted by Crippen LogP contribution is 2.25. The van der Waals surface area contributed by atoms with Gasteiger partial charge in [-0.2, -0.15) is 10.2 Å². The van der Waals surface area contributed by atoms with Gasteiger partial charge in [0, 0.05) is 19.6 Å². The third-order valence-electron chi connectivity index (χ3n) is 2.59. The Bertz CT molecular complexity index is 363. The highest BCUT2D eigenvalue weighted by atomic mass is 16.5. The molecule has 0 spiro atoms. The van der Waals surface area contributed by atoms with E-state index in [9.17, 15) is 0 Å². The van der Waals surface area contributed by atoms with Crippen LogP contribution in [0, 0.1) is 0 Å². The van der Waals surface area contributed by atoms with Crippen LogP contribution in [0.15, 0.2) is 10.2 Å². The number of rotatable bonds is 4. The second-order valence-corrected chi connectivity index (χ2v) is 3.79. The SMILES string of the molecule is Nc1n[nH]c(N)c1N=NCCN1CCOCC1. The number of H-pyrrole nitrogens is 1. The van der Waals surface area contributed by atoms with Gasteiger partial charge in [-0.15, -0.1) is 5.11 Å². The van der Waals surface area contributed by atoms with Crippen LogP contribution >= 0.6 is 0 Å². The smallest absolute Gasteiger partial charge is 0.175 e. The van der Waals surface area contributed by atoms with Gasteiger partial charge in [-0.1, -0.05) is 0 Å². The van der Waals surface area contributed by atoms with Gasteiger partial charge in [0.2, 0.25) is 0 Å². The van der Waals surface area contributed by atoms with Gasteiger partial charge in [-0.25, -0.2) is 0 Å². The molecule has 1 aromatic heterocycles. The Kier molecular flexibility index (Phi) is 3.89. The average molecular weight is 239 g/mol. The van der Waals surface area contributed by atoms with Gasteiger partial charge >= 0.3 is 0 Å². The fourth-order valence-corrected chi connectivity index (χ4v) is 1.60. The van der Waals surface area contributed by atoms with Gasteiger partial charge in [0.15, 0.2) is 11.5 Å². The Labute approximate surface area is 99.0 Å². The zero-order valence-electron chi connectivity index (χ0n) is 9.59. The number of anilines is 2. The lowest BCUT2D eigenvalue weighted by Gasteiger charge is -2.25. The van der Waals surface area contributed by atoms with Crippen LogP contribution in [0.5, 0.6) is 0 Å². The maximum atomic E-state index is 5.59. The maximum Gasteiger partial charge on any atom is 0.175 e. The monoisotopic (exact) mass is 239 g/mol. The van der Waals surface area contributed by atoms with Crippen LogP contribution in [0.2, 0.25) is 0 Å². The quantitative estimate of drug-likeness (QED) is 0.639. The molecule has 1 saturated heterocycles. The van der Waals surface area contributed by atoms with Crippen molar-refractivity contribution >= 4 is 17.3 Å². The first kappa shape index (κ1) is 11.8. The van der Waals surface area contributed by atoms with E-state index in [4.69, 9.17) is 16.2 Å². The molecule has 17 heavy (non-hydrogen) atoms. The first-order chi connectivity index (χ1) is 8.27. The number of aromatic nitrogens is 2. The largest absolute Gasteiger partial charge is 0.382 e. The van der Waals surface area contributed by atoms with Crippen molar-refractivity contribution in [2.75, 3.05) is 50.9 Å². The van der Waals surface area contributed by atoms with Gasteiger partial charge in [-0.05, 0) is 0 Å². The summed E-state index contributed by atoms with van der Waals surface area (Å²) in [6.07, 6.45) is 0. The Morgan fingerprint density at radius 2 is 2.12 bits per heavy atom. The minimum atomic E-state index is 0.276. The van der Waals surface area contributed by atoms with Gasteiger partial charge in [0.25, 0.3) is 0 Å². The van der Waals surface area contributed by atoms with Crippen LogP contribution in [0.25, 0.3) is 0 Å². The molecule has 5 N–H and O–H groups in total. The molecular formula is C9H17N7O. The number of hydrogen-bond acceptors (Lipinski definition) is 7. The second-order valence-electron chi connectivity index (χ2n) is 3.79. The fraction of sp³-hybridized carbons (Fsp3) is 0.667. The van der Waals surface area contributed by atoms with Crippen molar-refractivity contribution in [3.8, 4) is 0 Å². The van der Waals surface area contributed by atoms with Crippen LogP contribution in [-0.4, -0.2) is 54.5 Å². The van der Waals surface area contributed by atoms with Crippen molar-refractivity contribution in [3.05, 3.63) is 0 Å². The molecule has 0 unspecified atom stereocenters. The fourth-order valence-electron chi connectivity index (χ4n) is 1.60. The summed E-state index contributed by atoms with van der Waals surface area (Å²) in [4.78, 5) is 2.28. The normalized spacial score (nSPS) is 17.9. The molecule has 1 aromatic rings. The lowest BCUT2D eigenvalue weighted by Crippen LogP contribution is -2.37. The topological polar surface area (TPSA) is 118 Å². The van der Waals surface area contributed by atoms with Crippen LogP contribution in [-0.2, 0) is 4.74 Å². The Morgan fingerprint density at radius 3 is 2.76 bits per heavy atom. The highest BCUT2D eigenvalue weighted by molar-refractivity contribution is 5.69. The minimum Gasteiger partial charge on any atom is -0.382 e. The van der Waals surface area contributed by atoms with E-state index in [0.717, 1.165) is 32.8 Å². The number of nitrogens with zero attached hydrogens (tertiary/aromatic N) is 4. The average Bonchev–Trinajstić information content (AvgIpc) is 2.67. The number of morpholine rings is 1. The first-order valence-electron chi connectivity index (χ1n) is 5.54. The van der Waals surface area contributed by atoms with E-state index in [1.807, 2.05) is 0 Å². The van der Waals surface area contributed by atoms with Crippen molar-refractivity contribution < 1.29 is 4.74 Å². The highest BCUT2D eigenvalue weighted by Gasteiger charge is 2.09. The van der Waals surface area contributed by atoms with E-state index < -0.39 is 0 Å². The summed E-state index contributed by atoms with van der Waals surface area (Å²) in [7, 11) is 0. The summed E-state index contributed by atoms with van der Waals surface area (Å²) in [5.41, 5.74) is 11.6. The molecule has 8 heteroatoms. The van der Waals surface area contributed by atoms with Crippen molar-refractivity contribution in [2.24, 2.45) is 10.2 Å². The molecule has 0 amide bonds. The molecule has 1 aliphatic heterocycles. The molecule has 0 bridgehead atoms. The molecular weight excluding hydrogens is 222 g/mol. The molecule has 1 aliphatic rings. The van der Waals surface area contributed by atoms with E-state index in [0.29, 0.717) is 18.1 Å². The number of hydrogen-bond donors (Lipinski definition) is 3. The lowest BCUT2D eigenvalue weighted by molar-refractivity contribution is 0.0393. The van der Waals surface area contributed by atoms with Crippen LogP contribution in [0.3, 0.4) is 0 Å². The van der Waals surface area contributed by atoms with Crippen molar-refractivity contribution in [3.63, 3.8) is 0 Å². The Morgan fingerprint density at radius 1 is 1.35 bits per heavy atom. The zero-order chi connectivity index (χ0) is 12.1. The van der Waals surface area contributed by atoms with Gasteiger partial charge in [-0.3, -0.25) is 10.00 Å². The van der Waals surface area contributed by atoms with Gasteiger partial charge in [0.05, 0.1) is 19.8 Å². The van der Waals surface area contributed by atoms with E-state index in [2.05, 4.69) is 25.3 Å². The molecule has 8 nitrogen and oxygen atoms in total. The van der Waals surface area contributed by atoms with E-state index in [1.54, 1.807) is 0 Å². The molecule has 0 aromatic carbocycles. The van der Waals surface area contributed by atoms with Crippen LogP contribution < -0.4 is 11.5 Å². The van der Waals surface area contributed by atoms with Gasteiger partial charge in [0.1, 0.15) is 5.82 Å². The number of aromatic amines is 1. The Balaban J connectivity index is 1.78. The summed E-state index contributed by atoms with van der Waals surface area (Å²) < 4.78 is 5.26. The third kappa shape index (κ3) is 3.14. The lowest BCUT2D eigenvalue weighted by atomic mass is 10.4. The second kappa shape index (κ2) is 5.60. The molecule has 1 fully saturated rings. The predicted octanol–water partition coefficient (Wildman–Crippen LogP) is -0.0100. The maximum absolute atomic E-state index is 5.59. The third-order valence-corrected chi connectivity index (χ3v) is 2.59. The summed E-state index contributed by atoms with van der Waals surface area (Å²) in [6.45, 7) is 4.96. The summed E-state index contributed by atoms with van der Waals surface area (Å²) in [5.74, 6) is 0.621. The molecule has 94 valence electrons. The summed E-state index contributed by atoms with van der Waals surface area (Å²) >= 11 is 0. The number of nitrogens with two attached hydrogens (primary N) is 2. The summed E-state index contributed by atoms with van der Waals surface area (Å²) in [5, 5.41) is 14.3. The standard InChI is InChI=1S/C9H17N7O/c10-8-7(9(11)15-14-8)13-12-1-2-16-3-5-17-6-4-16/h1-6H2,(H5,10,11,14,15). The van der Waals surface area contributed by atoms with Crippen molar-refractivity contribution in [2.45, 2.75) is 0 Å². The molecule has 0 radical (unpaired) electrons. The minimum absolute atomic E-state index is 0.276. The van der Waals surface area contributed by atoms with Crippen molar-refractivity contribution in [1.82, 2.24) is 15.1 Å². The predicted molar refractivity (Wildman–Crippen MR) is 64.1 cm³/mol. The molecule has 0 aliphatic carbocycles. The number of nitrogens with one attached hydrogen (secondary N) is 1. The van der Waals surface area contributed by atoms with Gasteiger partial charge < -0.3 is 16.2 Å². The van der Waals surface area contributed by atoms with Crippen LogP contribution in [0.4, 0.5) is 17.3 Å². The Hall–Kier alpha value is -1.67. The molecule has 0 atom stereocenters. The van der Waals surface area contributed by atoms with E-state index in [1.165, 1.54) is 0 Å². The van der Waals surface area contributed by atoms with Crippen LogP contribution in [0.1, 0.15) is 0 Å². The molecule has 2 rings (SSSR count). The number of azo groups is 1. The zero-order valence-corrected chi connectivity index (χ0v) is 9.59. The van der Waals surface area contributed by atoms with Crippen molar-refractivity contribution in [1.29, 1.82) is 0 Å². The van der Waals surface area contributed by atoms with E-state index >= 15 is 0 Å². The van der Waals surface area contributed by atoms with E-state index in [-0.39, 0.29) is 5.82 Å². The summed E-state index contributed by atoms with van der Waals surface area (Å²) in [6, 6.07) is 0. The number of ether oxygens (including phenoxy) is 1. The molecule has 2 heterocycles. The first-order valence-corrected chi connectivity index (χ1v) is 5.54. The number of nitrogen functional groups attached to an aromatic ring is 2. The molecule has 0 saturated carbocycles.